The molecule has 22 nitrogen and oxygen atoms in total. The van der Waals surface area contributed by atoms with Crippen molar-refractivity contribution in [2.45, 2.75) is 158 Å². The van der Waals surface area contributed by atoms with Crippen molar-refractivity contribution in [3.63, 3.8) is 0 Å². The van der Waals surface area contributed by atoms with Gasteiger partial charge in [-0.1, -0.05) is 92.5 Å². The van der Waals surface area contributed by atoms with Gasteiger partial charge in [-0.25, -0.2) is 9.98 Å². The van der Waals surface area contributed by atoms with Crippen molar-refractivity contribution in [1.29, 1.82) is 0 Å². The molecule has 99 heavy (non-hydrogen) atoms. The first kappa shape index (κ1) is 71.8. The predicted molar refractivity (Wildman–Crippen MR) is 388 cm³/mol. The second kappa shape index (κ2) is 31.0. The van der Waals surface area contributed by atoms with Crippen LogP contribution in [-0.4, -0.2) is 147 Å². The van der Waals surface area contributed by atoms with Crippen LogP contribution in [0.5, 0.6) is 0 Å². The minimum absolute atomic E-state index is 0.00678. The van der Waals surface area contributed by atoms with Crippen LogP contribution >= 0.6 is 57.2 Å². The molecule has 0 saturated carbocycles. The van der Waals surface area contributed by atoms with Gasteiger partial charge >= 0.3 is 0 Å². The molecule has 1 fully saturated rings. The summed E-state index contributed by atoms with van der Waals surface area (Å²) in [6.45, 7) is 19.5. The number of β-amino-alcohol motifs (C(OH)–C–C–N with tert-alkyl or cyclic N) is 1. The van der Waals surface area contributed by atoms with Crippen LogP contribution in [0.3, 0.4) is 0 Å². The number of likely N-dealkylation sites (tertiary alicyclic amines) is 1. The van der Waals surface area contributed by atoms with Gasteiger partial charge in [0.2, 0.25) is 23.6 Å². The van der Waals surface area contributed by atoms with Gasteiger partial charge in [-0.05, 0) is 127 Å². The number of halogens is 2. The summed E-state index contributed by atoms with van der Waals surface area (Å²) in [7, 11) is 0. The molecule has 8 aromatic rings. The van der Waals surface area contributed by atoms with Crippen molar-refractivity contribution in [1.82, 2.24) is 60.3 Å². The molecule has 4 N–H and O–H groups in total. The number of aliphatic hydroxyl groups excluding tert-OH is 1. The number of aromatic nitrogens is 7. The zero-order chi connectivity index (χ0) is 70.6. The van der Waals surface area contributed by atoms with Crippen LogP contribution in [0.2, 0.25) is 10.0 Å². The zero-order valence-corrected chi connectivity index (χ0v) is 61.1. The molecule has 3 aromatic carbocycles. The first-order valence-electron chi connectivity index (χ1n) is 33.2. The zero-order valence-electron chi connectivity index (χ0n) is 57.2. The van der Waals surface area contributed by atoms with Crippen molar-refractivity contribution >= 4 is 110 Å². The quantitative estimate of drug-likeness (QED) is 0.0325. The van der Waals surface area contributed by atoms with Crippen LogP contribution in [0.1, 0.15) is 168 Å². The molecule has 3 aliphatic heterocycles. The molecule has 0 unspecified atom stereocenters. The topological polar surface area (TPSA) is 277 Å². The van der Waals surface area contributed by atoms with E-state index in [9.17, 15) is 33.9 Å². The molecule has 6 amide bonds. The van der Waals surface area contributed by atoms with Gasteiger partial charge in [-0.3, -0.25) is 47.9 Å². The SMILES string of the molecule is Cc1ncsc1-c1ccc(CNC(=O)[C@@H]2C[C@@H](O)CN2C(=O)/C(=N/C(=O)CN(CCCCCNC(=O)C[C@@H]2N=C(c3ccc(Cl)cc3)c3c(sc(C)c3C)-n3c(C)nnc32)C(=O)CCCCNC(=O)C[C@@H]2N=C(c3ccc(Cl)cc3)c3c(sc(C)c3C)-n3c(C)nnc32)C(C)(C)C)cc1. The number of thiophene rings is 2. The first-order valence-corrected chi connectivity index (χ1v) is 36.5. The maximum atomic E-state index is 14.7. The summed E-state index contributed by atoms with van der Waals surface area (Å²) in [6.07, 6.45) is 1.40. The highest BCUT2D eigenvalue weighted by Crippen LogP contribution is 2.42. The van der Waals surface area contributed by atoms with E-state index in [1.165, 1.54) is 9.80 Å². The largest absolute Gasteiger partial charge is 0.391 e. The molecule has 0 aliphatic carbocycles. The number of aryl methyl sites for hydroxylation is 5. The third-order valence-corrected chi connectivity index (χ3v) is 22.0. The lowest BCUT2D eigenvalue weighted by atomic mass is 9.88. The number of nitrogens with one attached hydrogen (secondary N) is 3. The van der Waals surface area contributed by atoms with Crippen LogP contribution in [0.4, 0.5) is 0 Å². The molecule has 518 valence electrons. The summed E-state index contributed by atoms with van der Waals surface area (Å²) in [5.41, 5.74) is 10.7. The Bertz CT molecular complexity index is 4460. The number of carbonyl (C=O) groups excluding carboxylic acids is 6. The molecule has 8 heterocycles. The van der Waals surface area contributed by atoms with Gasteiger partial charge in [-0.2, -0.15) is 0 Å². The number of aliphatic hydroxyl groups is 1. The van der Waals surface area contributed by atoms with E-state index in [0.29, 0.717) is 72.0 Å². The Morgan fingerprint density at radius 2 is 1.17 bits per heavy atom. The molecular formula is C72H81Cl2N15O7S3. The molecule has 4 atom stereocenters. The predicted octanol–water partition coefficient (Wildman–Crippen LogP) is 11.5. The number of carbonyl (C=O) groups is 6. The smallest absolute Gasteiger partial charge is 0.269 e. The third-order valence-electron chi connectivity index (χ3n) is 18.1. The van der Waals surface area contributed by atoms with E-state index in [0.717, 1.165) is 86.3 Å². The molecule has 27 heteroatoms. The van der Waals surface area contributed by atoms with Crippen LogP contribution < -0.4 is 16.0 Å². The molecule has 0 spiro atoms. The van der Waals surface area contributed by atoms with E-state index >= 15 is 0 Å². The highest BCUT2D eigenvalue weighted by molar-refractivity contribution is 7.15. The Morgan fingerprint density at radius 3 is 1.68 bits per heavy atom. The number of unbranched alkanes of at least 4 members (excludes halogenated alkanes) is 3. The van der Waals surface area contributed by atoms with Gasteiger partial charge in [0, 0.05) is 93.0 Å². The van der Waals surface area contributed by atoms with Crippen molar-refractivity contribution in [2.75, 3.05) is 32.7 Å². The van der Waals surface area contributed by atoms with Gasteiger partial charge < -0.3 is 30.9 Å². The van der Waals surface area contributed by atoms with E-state index in [4.69, 9.17) is 33.2 Å². The second-order valence-electron chi connectivity index (χ2n) is 26.4. The lowest BCUT2D eigenvalue weighted by Gasteiger charge is -2.29. The minimum Gasteiger partial charge on any atom is -0.391 e. The number of aliphatic imine (C=N–C) groups is 3. The average molecular weight is 1440 g/mol. The maximum Gasteiger partial charge on any atom is 0.269 e. The number of thiazole rings is 1. The van der Waals surface area contributed by atoms with Crippen molar-refractivity contribution in [2.24, 2.45) is 20.4 Å². The van der Waals surface area contributed by atoms with Crippen molar-refractivity contribution in [3.05, 3.63) is 166 Å². The number of hydrogen-bond acceptors (Lipinski definition) is 17. The van der Waals surface area contributed by atoms with Gasteiger partial charge in [0.05, 0.1) is 46.5 Å². The van der Waals surface area contributed by atoms with Gasteiger partial charge in [0.25, 0.3) is 11.8 Å². The molecule has 0 bridgehead atoms. The highest BCUT2D eigenvalue weighted by Gasteiger charge is 2.43. The van der Waals surface area contributed by atoms with E-state index in [1.54, 1.807) is 60.3 Å². The van der Waals surface area contributed by atoms with Gasteiger partial charge in [0.15, 0.2) is 11.6 Å². The fraction of sp³-hybridized carbons (Fsp3) is 0.417. The summed E-state index contributed by atoms with van der Waals surface area (Å²) in [5, 5.41) is 41.0. The Hall–Kier alpha value is -8.46. The van der Waals surface area contributed by atoms with Crippen LogP contribution in [-0.2, 0) is 35.3 Å². The van der Waals surface area contributed by atoms with Crippen molar-refractivity contribution < 1.29 is 33.9 Å². The number of amides is 6. The molecule has 3 aliphatic rings. The fourth-order valence-electron chi connectivity index (χ4n) is 12.6. The van der Waals surface area contributed by atoms with E-state index in [2.05, 4.69) is 74.0 Å². The van der Waals surface area contributed by atoms with E-state index in [1.807, 2.05) is 103 Å². The molecular weight excluding hydrogens is 1350 g/mol. The number of rotatable bonds is 24. The Morgan fingerprint density at radius 1 is 0.657 bits per heavy atom. The number of fused-ring (bicyclic) bond motifs is 6. The number of nitrogens with zero attached hydrogens (tertiary/aromatic N) is 12. The van der Waals surface area contributed by atoms with Crippen LogP contribution in [0.15, 0.2) is 93.3 Å². The Kier molecular flexibility index (Phi) is 22.5. The average Bonchev–Trinajstić information content (AvgIpc) is 1.60. The van der Waals surface area contributed by atoms with E-state index in [-0.39, 0.29) is 75.3 Å². The molecule has 0 radical (unpaired) electrons. The lowest BCUT2D eigenvalue weighted by Crippen LogP contribution is -2.50. The normalized spacial score (nSPS) is 16.6. The first-order chi connectivity index (χ1) is 47.3. The second-order valence-corrected chi connectivity index (χ2v) is 30.5. The maximum absolute atomic E-state index is 14.7. The summed E-state index contributed by atoms with van der Waals surface area (Å²) in [4.78, 5) is 110. The lowest BCUT2D eigenvalue weighted by molar-refractivity contribution is -0.135. The molecule has 11 rings (SSSR count). The Balaban J connectivity index is 0.742. The summed E-state index contributed by atoms with van der Waals surface area (Å²) >= 11 is 17.5. The van der Waals surface area contributed by atoms with Crippen LogP contribution in [0, 0.1) is 53.9 Å². The van der Waals surface area contributed by atoms with Gasteiger partial charge in [0.1, 0.15) is 52.0 Å². The van der Waals surface area contributed by atoms with Gasteiger partial charge in [-0.15, -0.1) is 54.4 Å². The Labute approximate surface area is 597 Å². The summed E-state index contributed by atoms with van der Waals surface area (Å²) < 4.78 is 3.99. The minimum atomic E-state index is -1.04. The van der Waals surface area contributed by atoms with E-state index < -0.39 is 53.9 Å². The molecule has 5 aromatic heterocycles. The van der Waals surface area contributed by atoms with Crippen LogP contribution in [0.25, 0.3) is 20.4 Å². The molecule has 1 saturated heterocycles. The number of hydrogen-bond donors (Lipinski definition) is 4. The standard InChI is InChI=1S/C72H81Cl2N15O7S3/c1-39-42(4)98-70-60(39)62(47-21-25-50(73)26-22-47)79-53(66-84-82-44(6)88(66)70)33-56(91)75-29-13-11-15-31-86(37-58(93)81-65(72(8,9)10)69(96)87-36-52(90)32-55(87)68(95)77-35-46-17-19-49(20-18-46)64-41(3)78-38-97-64)59(94)16-12-14-30-76-57(92)34-54-67-85-83-45(7)89(67)71-61(40(2)43(5)99-71)63(80-54)48-23-27-51(74)28-24-48/h17-28,38,52-55,90H,11-16,29-37H2,1-10H3,(H,75,91)(H,76,92)(H,77,95)/b81-65-/t52-,53+,54+,55+/m1/s1. The fourth-order valence-corrected chi connectivity index (χ4v) is 16.1. The monoisotopic (exact) mass is 1430 g/mol. The summed E-state index contributed by atoms with van der Waals surface area (Å²) in [5.74, 6) is -0.209. The van der Waals surface area contributed by atoms with Crippen molar-refractivity contribution in [3.8, 4) is 20.4 Å². The summed E-state index contributed by atoms with van der Waals surface area (Å²) in [6, 6.07) is 20.4. The number of benzene rings is 3. The third kappa shape index (κ3) is 16.2. The highest BCUT2D eigenvalue weighted by atomic mass is 35.5.